The number of carboxylic acid groups (broad SMARTS) is 1. The van der Waals surface area contributed by atoms with Crippen molar-refractivity contribution in [2.45, 2.75) is 0 Å². The first kappa shape index (κ1) is 21.4. The lowest BCUT2D eigenvalue weighted by molar-refractivity contribution is 0.0697. The molecule has 3 aromatic rings. The minimum absolute atomic E-state index is 0.0265. The molecular weight excluding hydrogens is 670 g/mol. The predicted octanol–water partition coefficient (Wildman–Crippen LogP) is 5.64. The van der Waals surface area contributed by atoms with E-state index in [2.05, 4.69) is 49.2 Å². The van der Waals surface area contributed by atoms with E-state index < -0.39 is 5.97 Å². The maximum Gasteiger partial charge on any atom is 0.337 e. The lowest BCUT2D eigenvalue weighted by Crippen LogP contribution is -2.35. The number of nitrogens with one attached hydrogen (secondary N) is 2. The fraction of sp³-hybridized carbons (Fsp3) is 0. The summed E-state index contributed by atoms with van der Waals surface area (Å²) in [4.78, 5) is 24.3. The maximum atomic E-state index is 12.8. The molecule has 5 nitrogen and oxygen atoms in total. The summed E-state index contributed by atoms with van der Waals surface area (Å²) in [6.07, 6.45) is 0. The zero-order valence-corrected chi connectivity index (χ0v) is 20.6. The van der Waals surface area contributed by atoms with Crippen LogP contribution in [-0.4, -0.2) is 22.1 Å². The molecule has 0 aliphatic rings. The summed E-state index contributed by atoms with van der Waals surface area (Å²) in [5.41, 5.74) is 0.903. The third-order valence-electron chi connectivity index (χ3n) is 3.86. The van der Waals surface area contributed by atoms with E-state index >= 15 is 0 Å². The number of thiocarbonyl (C=S) groups is 1. The molecule has 3 N–H and O–H groups in total. The second-order valence-electron chi connectivity index (χ2n) is 5.66. The normalized spacial score (nSPS) is 10.5. The number of aromatic carboxylic acids is 1. The van der Waals surface area contributed by atoms with Gasteiger partial charge in [-0.25, -0.2) is 4.79 Å². The molecule has 0 spiro atoms. The molecule has 0 aromatic heterocycles. The zero-order chi connectivity index (χ0) is 20.4. The van der Waals surface area contributed by atoms with Gasteiger partial charge in [-0.1, -0.05) is 40.2 Å². The highest BCUT2D eigenvalue weighted by molar-refractivity contribution is 14.1. The van der Waals surface area contributed by atoms with Gasteiger partial charge >= 0.3 is 5.97 Å². The van der Waals surface area contributed by atoms with E-state index in [4.69, 9.17) is 12.2 Å². The molecule has 142 valence electrons. The first-order chi connectivity index (χ1) is 13.3. The number of rotatable bonds is 3. The van der Waals surface area contributed by atoms with Crippen LogP contribution in [0.3, 0.4) is 0 Å². The van der Waals surface area contributed by atoms with Crippen LogP contribution in [0.25, 0.3) is 10.8 Å². The number of benzene rings is 3. The Morgan fingerprint density at radius 3 is 2.39 bits per heavy atom. The van der Waals surface area contributed by atoms with Crippen molar-refractivity contribution in [1.29, 1.82) is 0 Å². The average molecular weight is 681 g/mol. The number of carboxylic acids is 1. The van der Waals surface area contributed by atoms with Gasteiger partial charge in [-0.15, -0.1) is 0 Å². The quantitative estimate of drug-likeness (QED) is 0.247. The minimum atomic E-state index is -1.08. The summed E-state index contributed by atoms with van der Waals surface area (Å²) in [7, 11) is 0. The molecule has 1 amide bonds. The van der Waals surface area contributed by atoms with E-state index in [0.717, 1.165) is 18.8 Å². The highest BCUT2D eigenvalue weighted by Gasteiger charge is 2.18. The van der Waals surface area contributed by atoms with E-state index in [1.165, 1.54) is 0 Å². The summed E-state index contributed by atoms with van der Waals surface area (Å²) in [5, 5.41) is 16.7. The average Bonchev–Trinajstić information content (AvgIpc) is 2.63. The van der Waals surface area contributed by atoms with Crippen LogP contribution >= 0.6 is 73.3 Å². The van der Waals surface area contributed by atoms with Crippen LogP contribution in [0.15, 0.2) is 53.0 Å². The van der Waals surface area contributed by atoms with Gasteiger partial charge < -0.3 is 10.4 Å². The van der Waals surface area contributed by atoms with E-state index in [0.29, 0.717) is 14.8 Å². The Morgan fingerprint density at radius 2 is 1.68 bits per heavy atom. The van der Waals surface area contributed by atoms with Crippen LogP contribution in [0.2, 0.25) is 0 Å². The molecule has 0 radical (unpaired) electrons. The molecule has 0 unspecified atom stereocenters. The second kappa shape index (κ2) is 9.01. The van der Waals surface area contributed by atoms with Gasteiger partial charge in [-0.05, 0) is 92.4 Å². The number of fused-ring (bicyclic) bond motifs is 1. The Morgan fingerprint density at radius 1 is 1.00 bits per heavy atom. The fourth-order valence-corrected chi connectivity index (χ4v) is 5.33. The molecule has 9 heteroatoms. The van der Waals surface area contributed by atoms with Crippen molar-refractivity contribution in [2.75, 3.05) is 5.32 Å². The third-order valence-corrected chi connectivity index (χ3v) is 6.23. The van der Waals surface area contributed by atoms with Crippen LogP contribution < -0.4 is 10.6 Å². The molecule has 0 bridgehead atoms. The highest BCUT2D eigenvalue weighted by atomic mass is 127. The molecule has 0 aliphatic heterocycles. The Bertz CT molecular complexity index is 1140. The molecule has 0 heterocycles. The minimum Gasteiger partial charge on any atom is -0.478 e. The molecular formula is C19H11BrI2N2O3S. The lowest BCUT2D eigenvalue weighted by Gasteiger charge is -2.15. The molecule has 0 fully saturated rings. The monoisotopic (exact) mass is 680 g/mol. The van der Waals surface area contributed by atoms with Crippen molar-refractivity contribution in [1.82, 2.24) is 5.32 Å². The van der Waals surface area contributed by atoms with Crippen LogP contribution in [0, 0.1) is 7.14 Å². The van der Waals surface area contributed by atoms with Gasteiger partial charge in [0.05, 0.1) is 11.3 Å². The number of amides is 1. The summed E-state index contributed by atoms with van der Waals surface area (Å²) in [6, 6.07) is 14.4. The van der Waals surface area contributed by atoms with Crippen molar-refractivity contribution in [2.24, 2.45) is 0 Å². The van der Waals surface area contributed by atoms with Gasteiger partial charge in [0.15, 0.2) is 5.11 Å². The highest BCUT2D eigenvalue weighted by Crippen LogP contribution is 2.27. The van der Waals surface area contributed by atoms with Crippen LogP contribution in [0.4, 0.5) is 5.69 Å². The SMILES string of the molecule is O=C(O)c1cc(I)cc(I)c1NC(=S)NC(=O)c1cccc2c(Br)cccc12. The van der Waals surface area contributed by atoms with E-state index in [1.807, 2.05) is 52.9 Å². The molecule has 0 saturated heterocycles. The van der Waals surface area contributed by atoms with Crippen molar-refractivity contribution < 1.29 is 14.7 Å². The van der Waals surface area contributed by atoms with Crippen molar-refractivity contribution >= 4 is 107 Å². The summed E-state index contributed by atoms with van der Waals surface area (Å²) >= 11 is 12.8. The van der Waals surface area contributed by atoms with Crippen LogP contribution in [0.5, 0.6) is 0 Å². The number of carbonyl (C=O) groups is 2. The van der Waals surface area contributed by atoms with Gasteiger partial charge in [0.25, 0.3) is 5.91 Å². The number of halogens is 3. The lowest BCUT2D eigenvalue weighted by atomic mass is 10.0. The molecule has 0 aliphatic carbocycles. The summed E-state index contributed by atoms with van der Waals surface area (Å²) < 4.78 is 2.37. The first-order valence-electron chi connectivity index (χ1n) is 7.80. The Kier molecular flexibility index (Phi) is 6.89. The van der Waals surface area contributed by atoms with E-state index in [9.17, 15) is 14.7 Å². The molecule has 28 heavy (non-hydrogen) atoms. The predicted molar refractivity (Wildman–Crippen MR) is 134 cm³/mol. The standard InChI is InChI=1S/C19H11BrI2N2O3S/c20-14-6-2-3-10-11(14)4-1-5-12(10)17(25)24-19(28)23-16-13(18(26)27)7-9(21)8-15(16)22/h1-8H,(H,26,27)(H2,23,24,25,28). The zero-order valence-electron chi connectivity index (χ0n) is 13.9. The van der Waals surface area contributed by atoms with Gasteiger partial charge in [0.1, 0.15) is 0 Å². The number of hydrogen-bond donors (Lipinski definition) is 3. The second-order valence-corrected chi connectivity index (χ2v) is 9.33. The van der Waals surface area contributed by atoms with E-state index in [1.54, 1.807) is 18.2 Å². The smallest absolute Gasteiger partial charge is 0.337 e. The summed E-state index contributed by atoms with van der Waals surface area (Å²) in [6.45, 7) is 0. The molecule has 3 aromatic carbocycles. The Hall–Kier alpha value is -1.31. The Labute approximate surface area is 201 Å². The van der Waals surface area contributed by atoms with Crippen molar-refractivity contribution in [3.05, 3.63) is 71.3 Å². The van der Waals surface area contributed by atoms with Gasteiger partial charge in [0.2, 0.25) is 0 Å². The molecule has 0 saturated carbocycles. The number of anilines is 1. The van der Waals surface area contributed by atoms with Crippen LogP contribution in [-0.2, 0) is 0 Å². The number of carbonyl (C=O) groups excluding carboxylic acids is 1. The Balaban J connectivity index is 1.87. The molecule has 3 rings (SSSR count). The van der Waals surface area contributed by atoms with Gasteiger partial charge in [-0.2, -0.15) is 0 Å². The molecule has 0 atom stereocenters. The first-order valence-corrected chi connectivity index (χ1v) is 11.2. The van der Waals surface area contributed by atoms with Crippen molar-refractivity contribution in [3.63, 3.8) is 0 Å². The van der Waals surface area contributed by atoms with Gasteiger partial charge in [0, 0.05) is 17.2 Å². The summed E-state index contributed by atoms with van der Waals surface area (Å²) in [5.74, 6) is -1.45. The largest absolute Gasteiger partial charge is 0.478 e. The van der Waals surface area contributed by atoms with Gasteiger partial charge in [-0.3, -0.25) is 10.1 Å². The topological polar surface area (TPSA) is 78.4 Å². The maximum absolute atomic E-state index is 12.8. The van der Waals surface area contributed by atoms with E-state index in [-0.39, 0.29) is 16.6 Å². The third kappa shape index (κ3) is 4.63. The fourth-order valence-electron chi connectivity index (χ4n) is 2.65. The number of hydrogen-bond acceptors (Lipinski definition) is 3. The van der Waals surface area contributed by atoms with Crippen molar-refractivity contribution in [3.8, 4) is 0 Å². The van der Waals surface area contributed by atoms with Crippen LogP contribution in [0.1, 0.15) is 20.7 Å².